The molecule has 1 aliphatic heterocycles. The van der Waals surface area contributed by atoms with E-state index in [-0.39, 0.29) is 5.92 Å². The van der Waals surface area contributed by atoms with Crippen LogP contribution in [0, 0.1) is 0 Å². The molecule has 1 N–H and O–H groups in total. The molecule has 4 rings (SSSR count). The number of para-hydroxylation sites is 1. The molecule has 5 nitrogen and oxygen atoms in total. The van der Waals surface area contributed by atoms with Gasteiger partial charge in [-0.3, -0.25) is 4.98 Å². The summed E-state index contributed by atoms with van der Waals surface area (Å²) in [5, 5.41) is 7.46. The SMILES string of the molecule is c1cncc(Cc2noc(C3CNc4ccccc43)n2)c1. The van der Waals surface area contributed by atoms with Gasteiger partial charge in [0.2, 0.25) is 5.89 Å². The van der Waals surface area contributed by atoms with Gasteiger partial charge in [-0.05, 0) is 23.3 Å². The van der Waals surface area contributed by atoms with Crippen molar-refractivity contribution < 1.29 is 4.52 Å². The smallest absolute Gasteiger partial charge is 0.236 e. The lowest BCUT2D eigenvalue weighted by molar-refractivity contribution is 0.366. The standard InChI is InChI=1S/C16H14N4O/c1-2-6-14-12(5-1)13(10-18-14)16-19-15(20-21-16)8-11-4-3-7-17-9-11/h1-7,9,13,18H,8,10H2. The normalized spacial score (nSPS) is 16.5. The van der Waals surface area contributed by atoms with Gasteiger partial charge in [-0.15, -0.1) is 0 Å². The number of hydrogen-bond donors (Lipinski definition) is 1. The molecule has 1 aromatic carbocycles. The van der Waals surface area contributed by atoms with Crippen LogP contribution in [0.1, 0.15) is 28.8 Å². The Kier molecular flexibility index (Phi) is 2.88. The van der Waals surface area contributed by atoms with Gasteiger partial charge in [-0.1, -0.05) is 29.4 Å². The van der Waals surface area contributed by atoms with Gasteiger partial charge in [0.25, 0.3) is 0 Å². The third kappa shape index (κ3) is 2.27. The van der Waals surface area contributed by atoms with Crippen molar-refractivity contribution in [2.75, 3.05) is 11.9 Å². The average Bonchev–Trinajstić information content (AvgIpc) is 3.14. The number of fused-ring (bicyclic) bond motifs is 1. The van der Waals surface area contributed by atoms with Crippen LogP contribution in [0.5, 0.6) is 0 Å². The highest BCUT2D eigenvalue weighted by molar-refractivity contribution is 5.59. The first-order valence-electron chi connectivity index (χ1n) is 6.94. The second-order valence-electron chi connectivity index (χ2n) is 5.11. The minimum absolute atomic E-state index is 0.136. The molecule has 21 heavy (non-hydrogen) atoms. The summed E-state index contributed by atoms with van der Waals surface area (Å²) in [4.78, 5) is 8.64. The van der Waals surface area contributed by atoms with E-state index in [2.05, 4.69) is 32.6 Å². The molecule has 1 aliphatic rings. The molecular formula is C16H14N4O. The van der Waals surface area contributed by atoms with Crippen LogP contribution < -0.4 is 5.32 Å². The molecule has 0 spiro atoms. The van der Waals surface area contributed by atoms with E-state index in [1.54, 1.807) is 6.20 Å². The minimum Gasteiger partial charge on any atom is -0.384 e. The topological polar surface area (TPSA) is 63.8 Å². The summed E-state index contributed by atoms with van der Waals surface area (Å²) in [7, 11) is 0. The Labute approximate surface area is 122 Å². The highest BCUT2D eigenvalue weighted by Gasteiger charge is 2.28. The molecule has 0 bridgehead atoms. The lowest BCUT2D eigenvalue weighted by Gasteiger charge is -2.03. The molecular weight excluding hydrogens is 264 g/mol. The van der Waals surface area contributed by atoms with E-state index >= 15 is 0 Å². The highest BCUT2D eigenvalue weighted by atomic mass is 16.5. The predicted octanol–water partition coefficient (Wildman–Crippen LogP) is 2.61. The summed E-state index contributed by atoms with van der Waals surface area (Å²) >= 11 is 0. The van der Waals surface area contributed by atoms with Gasteiger partial charge < -0.3 is 9.84 Å². The first-order chi connectivity index (χ1) is 10.4. The molecule has 3 heterocycles. The average molecular weight is 278 g/mol. The molecule has 0 aliphatic carbocycles. The maximum Gasteiger partial charge on any atom is 0.236 e. The second kappa shape index (κ2) is 5.01. The Hall–Kier alpha value is -2.69. The quantitative estimate of drug-likeness (QED) is 0.798. The first-order valence-corrected chi connectivity index (χ1v) is 6.94. The summed E-state index contributed by atoms with van der Waals surface area (Å²) in [5.74, 6) is 1.50. The van der Waals surface area contributed by atoms with Gasteiger partial charge >= 0.3 is 0 Å². The maximum atomic E-state index is 5.46. The van der Waals surface area contributed by atoms with Gasteiger partial charge in [0.1, 0.15) is 0 Å². The lowest BCUT2D eigenvalue weighted by atomic mass is 10.0. The number of hydrogen-bond acceptors (Lipinski definition) is 5. The zero-order valence-electron chi connectivity index (χ0n) is 11.4. The molecule has 0 radical (unpaired) electrons. The van der Waals surface area contributed by atoms with Crippen molar-refractivity contribution in [2.45, 2.75) is 12.3 Å². The van der Waals surface area contributed by atoms with Crippen LogP contribution in [0.4, 0.5) is 5.69 Å². The van der Waals surface area contributed by atoms with Gasteiger partial charge in [-0.25, -0.2) is 0 Å². The fraction of sp³-hybridized carbons (Fsp3) is 0.188. The van der Waals surface area contributed by atoms with Crippen molar-refractivity contribution in [1.29, 1.82) is 0 Å². The molecule has 5 heteroatoms. The van der Waals surface area contributed by atoms with Crippen LogP contribution in [0.25, 0.3) is 0 Å². The Morgan fingerprint density at radius 3 is 3.05 bits per heavy atom. The zero-order chi connectivity index (χ0) is 14.1. The second-order valence-corrected chi connectivity index (χ2v) is 5.11. The van der Waals surface area contributed by atoms with E-state index in [9.17, 15) is 0 Å². The molecule has 1 unspecified atom stereocenters. The fourth-order valence-corrected chi connectivity index (χ4v) is 2.67. The van der Waals surface area contributed by atoms with Crippen LogP contribution in [0.2, 0.25) is 0 Å². The molecule has 0 amide bonds. The Morgan fingerprint density at radius 2 is 2.14 bits per heavy atom. The van der Waals surface area contributed by atoms with Crippen LogP contribution in [0.15, 0.2) is 53.3 Å². The van der Waals surface area contributed by atoms with Crippen LogP contribution in [-0.2, 0) is 6.42 Å². The number of nitrogens with one attached hydrogen (secondary N) is 1. The van der Waals surface area contributed by atoms with Crippen LogP contribution >= 0.6 is 0 Å². The highest BCUT2D eigenvalue weighted by Crippen LogP contribution is 2.34. The van der Waals surface area contributed by atoms with Gasteiger partial charge in [0, 0.05) is 31.0 Å². The number of benzene rings is 1. The van der Waals surface area contributed by atoms with Crippen LogP contribution in [-0.4, -0.2) is 21.7 Å². The summed E-state index contributed by atoms with van der Waals surface area (Å²) in [6.07, 6.45) is 4.22. The lowest BCUT2D eigenvalue weighted by Crippen LogP contribution is -2.04. The molecule has 0 fully saturated rings. The molecule has 104 valence electrons. The van der Waals surface area contributed by atoms with Crippen molar-refractivity contribution in [2.24, 2.45) is 0 Å². The monoisotopic (exact) mass is 278 g/mol. The molecule has 3 aromatic rings. The van der Waals surface area contributed by atoms with Crippen molar-refractivity contribution >= 4 is 5.69 Å². The van der Waals surface area contributed by atoms with Gasteiger partial charge in [0.05, 0.1) is 5.92 Å². The van der Waals surface area contributed by atoms with Gasteiger partial charge in [-0.2, -0.15) is 4.98 Å². The Balaban J connectivity index is 1.58. The Morgan fingerprint density at radius 1 is 1.19 bits per heavy atom. The number of aromatic nitrogens is 3. The maximum absolute atomic E-state index is 5.46. The van der Waals surface area contributed by atoms with Crippen molar-refractivity contribution in [1.82, 2.24) is 15.1 Å². The summed E-state index contributed by atoms with van der Waals surface area (Å²) < 4.78 is 5.46. The number of nitrogens with zero attached hydrogens (tertiary/aromatic N) is 3. The number of anilines is 1. The predicted molar refractivity (Wildman–Crippen MR) is 78.1 cm³/mol. The zero-order valence-corrected chi connectivity index (χ0v) is 11.4. The first kappa shape index (κ1) is 12.1. The largest absolute Gasteiger partial charge is 0.384 e. The number of pyridine rings is 1. The van der Waals surface area contributed by atoms with E-state index in [4.69, 9.17) is 4.52 Å². The van der Waals surface area contributed by atoms with E-state index in [0.29, 0.717) is 18.1 Å². The Bertz CT molecular complexity index is 754. The van der Waals surface area contributed by atoms with E-state index in [1.165, 1.54) is 5.56 Å². The third-order valence-corrected chi connectivity index (χ3v) is 3.70. The van der Waals surface area contributed by atoms with Crippen molar-refractivity contribution in [3.63, 3.8) is 0 Å². The van der Waals surface area contributed by atoms with Gasteiger partial charge in [0.15, 0.2) is 5.82 Å². The van der Waals surface area contributed by atoms with E-state index in [0.717, 1.165) is 17.8 Å². The summed E-state index contributed by atoms with van der Waals surface area (Å²) in [6, 6.07) is 12.2. The number of rotatable bonds is 3. The van der Waals surface area contributed by atoms with E-state index < -0.39 is 0 Å². The van der Waals surface area contributed by atoms with Crippen LogP contribution in [0.3, 0.4) is 0 Å². The molecule has 0 saturated heterocycles. The fourth-order valence-electron chi connectivity index (χ4n) is 2.67. The molecule has 0 saturated carbocycles. The van der Waals surface area contributed by atoms with E-state index in [1.807, 2.05) is 30.5 Å². The molecule has 1 atom stereocenters. The summed E-state index contributed by atoms with van der Waals surface area (Å²) in [5.41, 5.74) is 3.44. The molecule has 2 aromatic heterocycles. The van der Waals surface area contributed by atoms with Crippen molar-refractivity contribution in [3.8, 4) is 0 Å². The summed E-state index contributed by atoms with van der Waals surface area (Å²) in [6.45, 7) is 0.799. The van der Waals surface area contributed by atoms with Crippen molar-refractivity contribution in [3.05, 3.63) is 71.6 Å². The third-order valence-electron chi connectivity index (χ3n) is 3.70. The minimum atomic E-state index is 0.136.